The van der Waals surface area contributed by atoms with E-state index >= 15 is 0 Å². The molecule has 2 rings (SSSR count). The number of fused-ring (bicyclic) bond motifs is 1. The zero-order chi connectivity index (χ0) is 13.6. The normalized spacial score (nSPS) is 13.9. The summed E-state index contributed by atoms with van der Waals surface area (Å²) in [6.45, 7) is 0.301. The molecule has 2 N–H and O–H groups in total. The summed E-state index contributed by atoms with van der Waals surface area (Å²) >= 11 is 0. The Hall–Kier alpha value is -2.25. The Morgan fingerprint density at radius 1 is 1.22 bits per heavy atom. The van der Waals surface area contributed by atoms with Crippen molar-refractivity contribution >= 4 is 17.4 Å². The zero-order valence-electron chi connectivity index (χ0n) is 10.5. The van der Waals surface area contributed by atoms with Crippen LogP contribution in [0.15, 0.2) is 9.59 Å². The van der Waals surface area contributed by atoms with Crippen LogP contribution in [0.1, 0.15) is 0 Å². The third-order valence-corrected chi connectivity index (χ3v) is 3.02. The molecule has 1 aliphatic rings. The van der Waals surface area contributed by atoms with E-state index in [0.29, 0.717) is 18.2 Å². The number of carbonyl (C=O) groups is 1. The Morgan fingerprint density at radius 3 is 2.39 bits per heavy atom. The number of anilines is 2. The summed E-state index contributed by atoms with van der Waals surface area (Å²) in [4.78, 5) is 38.2. The minimum absolute atomic E-state index is 0.0508. The molecule has 0 saturated heterocycles. The molecule has 0 radical (unpaired) electrons. The lowest BCUT2D eigenvalue weighted by Crippen LogP contribution is -2.41. The van der Waals surface area contributed by atoms with Gasteiger partial charge in [-0.25, -0.2) is 4.79 Å². The van der Waals surface area contributed by atoms with Crippen LogP contribution in [0.25, 0.3) is 0 Å². The predicted molar refractivity (Wildman–Crippen MR) is 66.7 cm³/mol. The molecule has 0 unspecified atom stereocenters. The third-order valence-electron chi connectivity index (χ3n) is 3.02. The lowest BCUT2D eigenvalue weighted by atomic mass is 10.4. The van der Waals surface area contributed by atoms with Crippen molar-refractivity contribution in [2.75, 3.05) is 30.1 Å². The molecule has 0 saturated carbocycles. The molecule has 8 heteroatoms. The van der Waals surface area contributed by atoms with Gasteiger partial charge in [0, 0.05) is 21.1 Å². The van der Waals surface area contributed by atoms with Gasteiger partial charge in [0.1, 0.15) is 11.5 Å². The molecule has 0 fully saturated rings. The van der Waals surface area contributed by atoms with Gasteiger partial charge in [0.2, 0.25) is 5.91 Å². The fourth-order valence-electron chi connectivity index (χ4n) is 2.24. The summed E-state index contributed by atoms with van der Waals surface area (Å²) in [5.74, 6) is -0.0171. The van der Waals surface area contributed by atoms with E-state index in [4.69, 9.17) is 5.73 Å². The average Bonchev–Trinajstić information content (AvgIpc) is 2.59. The van der Waals surface area contributed by atoms with Crippen LogP contribution in [0.3, 0.4) is 0 Å². The largest absolute Gasteiger partial charge is 0.368 e. The highest BCUT2D eigenvalue weighted by Gasteiger charge is 2.31. The second kappa shape index (κ2) is 3.90. The maximum atomic E-state index is 12.1. The van der Waals surface area contributed by atoms with Gasteiger partial charge in [0.25, 0.3) is 5.56 Å². The number of primary amides is 1. The van der Waals surface area contributed by atoms with Crippen molar-refractivity contribution in [3.63, 3.8) is 0 Å². The quantitative estimate of drug-likeness (QED) is 0.644. The predicted octanol–water partition coefficient (Wildman–Crippen LogP) is -2.22. The molecule has 1 amide bonds. The van der Waals surface area contributed by atoms with Gasteiger partial charge in [-0.2, -0.15) is 0 Å². The third kappa shape index (κ3) is 1.57. The fourth-order valence-corrected chi connectivity index (χ4v) is 2.24. The second-order valence-electron chi connectivity index (χ2n) is 4.38. The van der Waals surface area contributed by atoms with E-state index in [-0.39, 0.29) is 6.54 Å². The van der Waals surface area contributed by atoms with Gasteiger partial charge >= 0.3 is 5.69 Å². The van der Waals surface area contributed by atoms with E-state index < -0.39 is 17.2 Å². The molecule has 0 bridgehead atoms. The van der Waals surface area contributed by atoms with Crippen LogP contribution in [0, 0.1) is 0 Å². The molecule has 1 aliphatic heterocycles. The van der Waals surface area contributed by atoms with E-state index in [0.717, 1.165) is 4.57 Å². The summed E-state index contributed by atoms with van der Waals surface area (Å²) in [5, 5.41) is 0. The van der Waals surface area contributed by atoms with Crippen LogP contribution in [-0.4, -0.2) is 35.3 Å². The van der Waals surface area contributed by atoms with E-state index in [9.17, 15) is 14.4 Å². The van der Waals surface area contributed by atoms with Crippen molar-refractivity contribution in [3.05, 3.63) is 20.8 Å². The first-order chi connectivity index (χ1) is 8.34. The average molecular weight is 253 g/mol. The van der Waals surface area contributed by atoms with Crippen LogP contribution in [-0.2, 0) is 18.9 Å². The van der Waals surface area contributed by atoms with Crippen molar-refractivity contribution in [3.8, 4) is 0 Å². The zero-order valence-corrected chi connectivity index (χ0v) is 10.5. The first-order valence-corrected chi connectivity index (χ1v) is 5.39. The SMILES string of the molecule is CN1CN(CC(N)=O)c2c1n(C)c(=O)n(C)c2=O. The van der Waals surface area contributed by atoms with E-state index in [1.54, 1.807) is 23.9 Å². The van der Waals surface area contributed by atoms with Crippen molar-refractivity contribution in [2.24, 2.45) is 19.8 Å². The van der Waals surface area contributed by atoms with Crippen LogP contribution in [0.5, 0.6) is 0 Å². The maximum absolute atomic E-state index is 12.1. The molecular weight excluding hydrogens is 238 g/mol. The van der Waals surface area contributed by atoms with Gasteiger partial charge in [-0.3, -0.25) is 18.7 Å². The summed E-state index contributed by atoms with van der Waals surface area (Å²) in [5.41, 5.74) is 4.67. The molecule has 8 nitrogen and oxygen atoms in total. The molecular formula is C10H15N5O3. The highest BCUT2D eigenvalue weighted by molar-refractivity contribution is 5.83. The van der Waals surface area contributed by atoms with E-state index in [1.807, 2.05) is 0 Å². The molecule has 0 aromatic carbocycles. The van der Waals surface area contributed by atoms with Gasteiger partial charge in [-0.05, 0) is 0 Å². The smallest absolute Gasteiger partial charge is 0.332 e. The topological polar surface area (TPSA) is 93.6 Å². The number of carbonyl (C=O) groups excluding carboxylic acids is 1. The lowest BCUT2D eigenvalue weighted by molar-refractivity contribution is -0.116. The van der Waals surface area contributed by atoms with Gasteiger partial charge < -0.3 is 15.5 Å². The number of rotatable bonds is 2. The highest BCUT2D eigenvalue weighted by Crippen LogP contribution is 2.29. The Bertz CT molecular complexity index is 630. The van der Waals surface area contributed by atoms with E-state index in [2.05, 4.69) is 0 Å². The van der Waals surface area contributed by atoms with Gasteiger partial charge in [0.05, 0.1) is 13.2 Å². The molecule has 1 aromatic rings. The molecule has 2 heterocycles. The molecule has 0 aliphatic carbocycles. The van der Waals surface area contributed by atoms with Crippen molar-refractivity contribution in [1.29, 1.82) is 0 Å². The second-order valence-corrected chi connectivity index (χ2v) is 4.38. The van der Waals surface area contributed by atoms with Crippen molar-refractivity contribution < 1.29 is 4.79 Å². The van der Waals surface area contributed by atoms with Gasteiger partial charge in [0.15, 0.2) is 0 Å². The number of hydrogen-bond acceptors (Lipinski definition) is 5. The monoisotopic (exact) mass is 253 g/mol. The lowest BCUT2D eigenvalue weighted by Gasteiger charge is -2.15. The fraction of sp³-hybridized carbons (Fsp3) is 0.500. The van der Waals surface area contributed by atoms with Crippen molar-refractivity contribution in [1.82, 2.24) is 9.13 Å². The summed E-state index contributed by atoms with van der Waals surface area (Å²) in [7, 11) is 4.75. The Balaban J connectivity index is 2.71. The number of hydrogen-bond donors (Lipinski definition) is 1. The van der Waals surface area contributed by atoms with Crippen LogP contribution < -0.4 is 26.8 Å². The molecule has 0 atom stereocenters. The Morgan fingerprint density at radius 2 is 1.83 bits per heavy atom. The first-order valence-electron chi connectivity index (χ1n) is 5.39. The standard InChI is InChI=1S/C10H15N5O3/c1-12-5-15(4-6(11)16)7-8(12)13(2)10(18)14(3)9(7)17/h4-5H2,1-3H3,(H2,11,16). The number of amides is 1. The van der Waals surface area contributed by atoms with Crippen molar-refractivity contribution in [2.45, 2.75) is 0 Å². The molecule has 1 aromatic heterocycles. The summed E-state index contributed by atoms with van der Waals surface area (Å²) in [6.07, 6.45) is 0. The maximum Gasteiger partial charge on any atom is 0.332 e. The minimum Gasteiger partial charge on any atom is -0.368 e. The highest BCUT2D eigenvalue weighted by atomic mass is 16.2. The number of nitrogens with zero attached hydrogens (tertiary/aromatic N) is 4. The summed E-state index contributed by atoms with van der Waals surface area (Å²) < 4.78 is 2.41. The van der Waals surface area contributed by atoms with Crippen LogP contribution >= 0.6 is 0 Å². The van der Waals surface area contributed by atoms with Gasteiger partial charge in [-0.1, -0.05) is 0 Å². The first kappa shape index (κ1) is 12.2. The Labute approximate surface area is 103 Å². The van der Waals surface area contributed by atoms with Crippen LogP contribution in [0.2, 0.25) is 0 Å². The number of nitrogens with two attached hydrogens (primary N) is 1. The molecule has 18 heavy (non-hydrogen) atoms. The molecule has 0 spiro atoms. The number of aromatic nitrogens is 2. The Kier molecular flexibility index (Phi) is 2.64. The minimum atomic E-state index is -0.521. The molecule has 98 valence electrons. The van der Waals surface area contributed by atoms with Crippen LogP contribution in [0.4, 0.5) is 11.5 Å². The van der Waals surface area contributed by atoms with Gasteiger partial charge in [-0.15, -0.1) is 0 Å². The van der Waals surface area contributed by atoms with E-state index in [1.165, 1.54) is 11.6 Å². The summed E-state index contributed by atoms with van der Waals surface area (Å²) in [6, 6.07) is 0.